The van der Waals surface area contributed by atoms with Crippen molar-refractivity contribution in [2.75, 3.05) is 25.5 Å². The summed E-state index contributed by atoms with van der Waals surface area (Å²) in [6, 6.07) is 4.06. The molecule has 0 spiro atoms. The third-order valence-electron chi connectivity index (χ3n) is 3.05. The topological polar surface area (TPSA) is 45.6 Å². The summed E-state index contributed by atoms with van der Waals surface area (Å²) in [5.41, 5.74) is 2.09. The first-order valence-corrected chi connectivity index (χ1v) is 7.04. The highest BCUT2D eigenvalue weighted by atomic mass is 35.5. The van der Waals surface area contributed by atoms with Crippen molar-refractivity contribution in [3.63, 3.8) is 0 Å². The van der Waals surface area contributed by atoms with E-state index in [1.807, 2.05) is 6.07 Å². The third-order valence-corrected chi connectivity index (χ3v) is 3.33. The second-order valence-electron chi connectivity index (χ2n) is 4.54. The number of nitrogens with zero attached hydrogens (tertiary/aromatic N) is 1. The number of aryl methyl sites for hydroxylation is 1. The smallest absolute Gasteiger partial charge is 0.196 e. The minimum atomic E-state index is 0.636. The molecule has 1 aliphatic rings. The number of anilines is 1. The maximum atomic E-state index is 6.27. The zero-order valence-electron chi connectivity index (χ0n) is 11.4. The number of aliphatic imine (C=N–C) groups is 1. The Morgan fingerprint density at radius 2 is 2.32 bits per heavy atom. The molecule has 4 nitrogen and oxygen atoms in total. The van der Waals surface area contributed by atoms with Crippen LogP contribution in [0.15, 0.2) is 17.1 Å². The van der Waals surface area contributed by atoms with Crippen LogP contribution in [0.1, 0.15) is 25.3 Å². The van der Waals surface area contributed by atoms with E-state index in [1.165, 1.54) is 12.0 Å². The van der Waals surface area contributed by atoms with E-state index in [9.17, 15) is 0 Å². The Labute approximate surface area is 119 Å². The van der Waals surface area contributed by atoms with Crippen LogP contribution in [0, 0.1) is 0 Å². The molecule has 104 valence electrons. The van der Waals surface area contributed by atoms with Crippen LogP contribution in [0.25, 0.3) is 0 Å². The van der Waals surface area contributed by atoms with Crippen molar-refractivity contribution in [3.05, 3.63) is 22.7 Å². The predicted octanol–water partition coefficient (Wildman–Crippen LogP) is 3.06. The Kier molecular flexibility index (Phi) is 4.91. The highest BCUT2D eigenvalue weighted by Crippen LogP contribution is 2.34. The molecular weight excluding hydrogens is 262 g/mol. The normalized spacial score (nSPS) is 13.9. The van der Waals surface area contributed by atoms with Crippen molar-refractivity contribution >= 4 is 23.2 Å². The molecule has 1 heterocycles. The Bertz CT molecular complexity index is 474. The number of hydrogen-bond acceptors (Lipinski definition) is 4. The van der Waals surface area contributed by atoms with E-state index in [0.717, 1.165) is 37.6 Å². The van der Waals surface area contributed by atoms with E-state index in [-0.39, 0.29) is 0 Å². The molecule has 0 atom stereocenters. The molecule has 0 unspecified atom stereocenters. The van der Waals surface area contributed by atoms with Gasteiger partial charge in [-0.3, -0.25) is 4.99 Å². The summed E-state index contributed by atoms with van der Waals surface area (Å²) >= 11 is 6.27. The van der Waals surface area contributed by atoms with Gasteiger partial charge < -0.3 is 15.4 Å². The number of ether oxygens (including phenoxy) is 1. The second-order valence-corrected chi connectivity index (χ2v) is 4.95. The zero-order chi connectivity index (χ0) is 13.7. The number of hydrogen-bond donors (Lipinski definition) is 2. The van der Waals surface area contributed by atoms with E-state index >= 15 is 0 Å². The lowest BCUT2D eigenvalue weighted by atomic mass is 10.1. The standard InChI is InChI=1S/C14H20ClN3O/c1-3-4-5-10-8-11(15)13(19-2)12(9-10)18-14-16-6-7-17-14/h8-9H,3-7H2,1-2H3,(H2,16,17,18). The van der Waals surface area contributed by atoms with Gasteiger partial charge in [-0.05, 0) is 30.5 Å². The highest BCUT2D eigenvalue weighted by molar-refractivity contribution is 6.32. The van der Waals surface area contributed by atoms with Gasteiger partial charge in [0, 0.05) is 6.54 Å². The number of rotatable bonds is 5. The van der Waals surface area contributed by atoms with Gasteiger partial charge in [-0.2, -0.15) is 0 Å². The highest BCUT2D eigenvalue weighted by Gasteiger charge is 2.13. The fourth-order valence-electron chi connectivity index (χ4n) is 2.08. The van der Waals surface area contributed by atoms with E-state index in [1.54, 1.807) is 7.11 Å². The Hall–Kier alpha value is -1.42. The summed E-state index contributed by atoms with van der Waals surface area (Å²) in [5.74, 6) is 1.44. The molecule has 1 aromatic rings. The van der Waals surface area contributed by atoms with Crippen LogP contribution in [0.2, 0.25) is 5.02 Å². The zero-order valence-corrected chi connectivity index (χ0v) is 12.2. The first-order valence-electron chi connectivity index (χ1n) is 6.66. The molecule has 0 bridgehead atoms. The molecular formula is C14H20ClN3O. The van der Waals surface area contributed by atoms with Crippen molar-refractivity contribution in [3.8, 4) is 5.75 Å². The molecule has 0 amide bonds. The summed E-state index contributed by atoms with van der Waals surface area (Å²) < 4.78 is 5.37. The minimum Gasteiger partial charge on any atom is -0.493 e. The monoisotopic (exact) mass is 281 g/mol. The molecule has 5 heteroatoms. The predicted molar refractivity (Wildman–Crippen MR) is 80.5 cm³/mol. The molecule has 0 saturated carbocycles. The van der Waals surface area contributed by atoms with Gasteiger partial charge in [0.1, 0.15) is 0 Å². The molecule has 19 heavy (non-hydrogen) atoms. The van der Waals surface area contributed by atoms with Crippen molar-refractivity contribution in [1.29, 1.82) is 0 Å². The van der Waals surface area contributed by atoms with Gasteiger partial charge in [0.05, 0.1) is 24.4 Å². The van der Waals surface area contributed by atoms with Crippen molar-refractivity contribution in [2.45, 2.75) is 26.2 Å². The third kappa shape index (κ3) is 3.53. The molecule has 0 saturated heterocycles. The average Bonchev–Trinajstić information content (AvgIpc) is 2.89. The number of methoxy groups -OCH3 is 1. The van der Waals surface area contributed by atoms with Gasteiger partial charge in [-0.15, -0.1) is 0 Å². The first kappa shape index (κ1) is 14.0. The van der Waals surface area contributed by atoms with Crippen LogP contribution in [0.3, 0.4) is 0 Å². The lowest BCUT2D eigenvalue weighted by Gasteiger charge is -2.14. The number of unbranched alkanes of at least 4 members (excludes halogenated alkanes) is 1. The molecule has 2 N–H and O–H groups in total. The fraction of sp³-hybridized carbons (Fsp3) is 0.500. The second kappa shape index (κ2) is 6.66. The molecule has 2 rings (SSSR count). The Morgan fingerprint density at radius 1 is 1.47 bits per heavy atom. The number of nitrogens with one attached hydrogen (secondary N) is 2. The fourth-order valence-corrected chi connectivity index (χ4v) is 2.40. The van der Waals surface area contributed by atoms with Crippen LogP contribution in [0.4, 0.5) is 5.69 Å². The van der Waals surface area contributed by atoms with Gasteiger partial charge in [0.15, 0.2) is 11.7 Å². The van der Waals surface area contributed by atoms with Crippen LogP contribution in [-0.2, 0) is 6.42 Å². The van der Waals surface area contributed by atoms with Crippen molar-refractivity contribution < 1.29 is 4.74 Å². The van der Waals surface area contributed by atoms with Crippen LogP contribution in [0.5, 0.6) is 5.75 Å². The van der Waals surface area contributed by atoms with Gasteiger partial charge >= 0.3 is 0 Å². The summed E-state index contributed by atoms with van der Waals surface area (Å²) in [6.07, 6.45) is 3.34. The molecule has 1 aromatic carbocycles. The average molecular weight is 282 g/mol. The Balaban J connectivity index is 2.24. The van der Waals surface area contributed by atoms with Crippen LogP contribution in [-0.4, -0.2) is 26.2 Å². The van der Waals surface area contributed by atoms with E-state index in [4.69, 9.17) is 16.3 Å². The molecule has 0 aromatic heterocycles. The Morgan fingerprint density at radius 3 is 2.95 bits per heavy atom. The van der Waals surface area contributed by atoms with Gasteiger partial charge in [0.25, 0.3) is 0 Å². The first-order chi connectivity index (χ1) is 9.24. The maximum Gasteiger partial charge on any atom is 0.196 e. The molecule has 0 fully saturated rings. The van der Waals surface area contributed by atoms with Crippen molar-refractivity contribution in [2.24, 2.45) is 4.99 Å². The number of halogens is 1. The van der Waals surface area contributed by atoms with E-state index < -0.39 is 0 Å². The lowest BCUT2D eigenvalue weighted by molar-refractivity contribution is 0.417. The minimum absolute atomic E-state index is 0.636. The van der Waals surface area contributed by atoms with E-state index in [0.29, 0.717) is 10.8 Å². The number of benzene rings is 1. The summed E-state index contributed by atoms with van der Waals surface area (Å²) in [7, 11) is 1.63. The maximum absolute atomic E-state index is 6.27. The van der Waals surface area contributed by atoms with Gasteiger partial charge in [-0.1, -0.05) is 24.9 Å². The van der Waals surface area contributed by atoms with Gasteiger partial charge in [0.2, 0.25) is 0 Å². The van der Waals surface area contributed by atoms with Crippen molar-refractivity contribution in [1.82, 2.24) is 5.32 Å². The quantitative estimate of drug-likeness (QED) is 0.872. The summed E-state index contributed by atoms with van der Waals surface area (Å²) in [5, 5.41) is 7.06. The van der Waals surface area contributed by atoms with E-state index in [2.05, 4.69) is 28.6 Å². The molecule has 0 radical (unpaired) electrons. The SMILES string of the molecule is CCCCc1cc(Cl)c(OC)c(NC2=NCCN2)c1. The summed E-state index contributed by atoms with van der Waals surface area (Å²) in [6.45, 7) is 3.85. The number of guanidine groups is 1. The lowest BCUT2D eigenvalue weighted by Crippen LogP contribution is -2.26. The molecule has 0 aliphatic carbocycles. The molecule has 1 aliphatic heterocycles. The van der Waals surface area contributed by atoms with Crippen LogP contribution >= 0.6 is 11.6 Å². The van der Waals surface area contributed by atoms with Crippen LogP contribution < -0.4 is 15.4 Å². The van der Waals surface area contributed by atoms with Gasteiger partial charge in [-0.25, -0.2) is 0 Å². The summed E-state index contributed by atoms with van der Waals surface area (Å²) in [4.78, 5) is 4.32. The largest absolute Gasteiger partial charge is 0.493 e.